The molecule has 0 bridgehead atoms. The molecule has 4 aromatic carbocycles. The highest BCUT2D eigenvalue weighted by Crippen LogP contribution is 2.35. The van der Waals surface area contributed by atoms with E-state index >= 15 is 0 Å². The van der Waals surface area contributed by atoms with Crippen LogP contribution in [0.25, 0.3) is 22.6 Å². The lowest BCUT2D eigenvalue weighted by molar-refractivity contribution is 0.174. The summed E-state index contributed by atoms with van der Waals surface area (Å²) in [5.41, 5.74) is 9.51. The van der Waals surface area contributed by atoms with Gasteiger partial charge in [0.2, 0.25) is 6.79 Å². The molecule has 0 unspecified atom stereocenters. The first-order valence-corrected chi connectivity index (χ1v) is 16.1. The van der Waals surface area contributed by atoms with Crippen LogP contribution in [0.1, 0.15) is 54.6 Å². The van der Waals surface area contributed by atoms with E-state index in [1.807, 2.05) is 19.1 Å². The largest absolute Gasteiger partial charge is 0.494 e. The summed E-state index contributed by atoms with van der Waals surface area (Å²) in [6.45, 7) is 12.6. The number of hydrogen-bond donors (Lipinski definition) is 0. The second kappa shape index (κ2) is 14.0. The lowest BCUT2D eigenvalue weighted by Crippen LogP contribution is -2.24. The van der Waals surface area contributed by atoms with Gasteiger partial charge < -0.3 is 18.8 Å². The first-order chi connectivity index (χ1) is 22.0. The fourth-order valence-electron chi connectivity index (χ4n) is 5.97. The molecule has 0 spiro atoms. The molecule has 6 heteroatoms. The van der Waals surface area contributed by atoms with Crippen LogP contribution in [0.4, 0.5) is 0 Å². The van der Waals surface area contributed by atoms with E-state index in [9.17, 15) is 0 Å². The molecule has 0 aliphatic carbocycles. The summed E-state index contributed by atoms with van der Waals surface area (Å²) in [6, 6.07) is 32.0. The van der Waals surface area contributed by atoms with Gasteiger partial charge in [0, 0.05) is 37.3 Å². The van der Waals surface area contributed by atoms with Crippen molar-refractivity contribution in [3.63, 3.8) is 0 Å². The number of aryl methyl sites for hydroxylation is 2. The van der Waals surface area contributed by atoms with E-state index in [0.717, 1.165) is 78.9 Å². The Balaban J connectivity index is 1.46. The van der Waals surface area contributed by atoms with Crippen LogP contribution in [0.15, 0.2) is 91.0 Å². The third kappa shape index (κ3) is 7.07. The summed E-state index contributed by atoms with van der Waals surface area (Å²) >= 11 is 0. The molecule has 232 valence electrons. The van der Waals surface area contributed by atoms with Gasteiger partial charge in [-0.2, -0.15) is 0 Å². The maximum Gasteiger partial charge on any atom is 0.231 e. The Labute approximate surface area is 267 Å². The van der Waals surface area contributed by atoms with E-state index in [1.165, 1.54) is 27.9 Å². The van der Waals surface area contributed by atoms with E-state index in [-0.39, 0.29) is 6.79 Å². The molecule has 1 aromatic heterocycles. The topological polar surface area (TPSA) is 48.8 Å². The van der Waals surface area contributed by atoms with Crippen LogP contribution in [0.2, 0.25) is 0 Å². The molecule has 0 fully saturated rings. The van der Waals surface area contributed by atoms with Crippen LogP contribution in [0, 0.1) is 13.8 Å². The Morgan fingerprint density at radius 2 is 1.56 bits per heavy atom. The number of hydrogen-bond acceptors (Lipinski definition) is 5. The number of fused-ring (bicyclic) bond motifs is 1. The number of rotatable bonds is 13. The summed E-state index contributed by atoms with van der Waals surface area (Å²) < 4.78 is 19.7. The van der Waals surface area contributed by atoms with Gasteiger partial charge in [-0.3, -0.25) is 4.90 Å². The Hall–Kier alpha value is -4.55. The average molecular weight is 602 g/mol. The number of imidazole rings is 1. The van der Waals surface area contributed by atoms with Crippen molar-refractivity contribution in [2.24, 2.45) is 0 Å². The standard InChI is InChI=1S/C39H43N3O3/c1-5-7-20-42-35(38(33-18-16-28(3)29(4)21-33)40-39(42)32-13-9-8-10-14-32)26-41(24-30-12-11-15-34(22-30)43-6-2)25-31-17-19-36-37(23-31)45-27-44-36/h8-19,21-23H,5-7,20,24-27H2,1-4H3. The van der Waals surface area contributed by atoms with E-state index in [4.69, 9.17) is 19.2 Å². The lowest BCUT2D eigenvalue weighted by atomic mass is 10.0. The van der Waals surface area contributed by atoms with Gasteiger partial charge in [-0.05, 0) is 79.8 Å². The van der Waals surface area contributed by atoms with Crippen LogP contribution >= 0.6 is 0 Å². The van der Waals surface area contributed by atoms with Gasteiger partial charge in [-0.15, -0.1) is 0 Å². The zero-order valence-corrected chi connectivity index (χ0v) is 26.9. The number of aromatic nitrogens is 2. The molecule has 6 nitrogen and oxygen atoms in total. The molecule has 6 rings (SSSR count). The molecule has 5 aromatic rings. The average Bonchev–Trinajstić information content (AvgIpc) is 3.66. The minimum Gasteiger partial charge on any atom is -0.494 e. The van der Waals surface area contributed by atoms with Crippen LogP contribution < -0.4 is 14.2 Å². The third-order valence-corrected chi connectivity index (χ3v) is 8.45. The molecular weight excluding hydrogens is 558 g/mol. The molecule has 0 saturated carbocycles. The molecule has 1 aliphatic rings. The van der Waals surface area contributed by atoms with Gasteiger partial charge in [0.25, 0.3) is 0 Å². The highest BCUT2D eigenvalue weighted by atomic mass is 16.7. The van der Waals surface area contributed by atoms with Crippen molar-refractivity contribution in [3.8, 4) is 39.9 Å². The van der Waals surface area contributed by atoms with Crippen molar-refractivity contribution in [2.75, 3.05) is 13.4 Å². The predicted molar refractivity (Wildman–Crippen MR) is 181 cm³/mol. The van der Waals surface area contributed by atoms with Crippen molar-refractivity contribution < 1.29 is 14.2 Å². The monoisotopic (exact) mass is 601 g/mol. The highest BCUT2D eigenvalue weighted by Gasteiger charge is 2.23. The summed E-state index contributed by atoms with van der Waals surface area (Å²) in [5, 5.41) is 0. The summed E-state index contributed by atoms with van der Waals surface area (Å²) in [4.78, 5) is 7.91. The zero-order chi connectivity index (χ0) is 31.2. The molecule has 1 aliphatic heterocycles. The third-order valence-electron chi connectivity index (χ3n) is 8.45. The van der Waals surface area contributed by atoms with Gasteiger partial charge in [0.05, 0.1) is 18.0 Å². The van der Waals surface area contributed by atoms with Gasteiger partial charge in [-0.25, -0.2) is 4.98 Å². The quantitative estimate of drug-likeness (QED) is 0.135. The maximum atomic E-state index is 5.87. The van der Waals surface area contributed by atoms with Gasteiger partial charge in [0.15, 0.2) is 11.5 Å². The zero-order valence-electron chi connectivity index (χ0n) is 26.9. The molecular formula is C39H43N3O3. The lowest BCUT2D eigenvalue weighted by Gasteiger charge is -2.25. The predicted octanol–water partition coefficient (Wildman–Crippen LogP) is 8.96. The Bertz CT molecular complexity index is 1740. The van der Waals surface area contributed by atoms with Crippen molar-refractivity contribution in [1.82, 2.24) is 14.5 Å². The number of ether oxygens (including phenoxy) is 3. The number of benzene rings is 4. The van der Waals surface area contributed by atoms with Crippen molar-refractivity contribution in [2.45, 2.75) is 66.7 Å². The van der Waals surface area contributed by atoms with Gasteiger partial charge >= 0.3 is 0 Å². The highest BCUT2D eigenvalue weighted by molar-refractivity contribution is 5.69. The fourth-order valence-corrected chi connectivity index (χ4v) is 5.97. The Morgan fingerprint density at radius 3 is 2.33 bits per heavy atom. The second-order valence-corrected chi connectivity index (χ2v) is 11.8. The summed E-state index contributed by atoms with van der Waals surface area (Å²) in [5.74, 6) is 3.53. The second-order valence-electron chi connectivity index (χ2n) is 11.8. The van der Waals surface area contributed by atoms with Crippen molar-refractivity contribution >= 4 is 0 Å². The van der Waals surface area contributed by atoms with Gasteiger partial charge in [-0.1, -0.05) is 74.0 Å². The Kier molecular flexibility index (Phi) is 9.51. The Morgan fingerprint density at radius 1 is 0.756 bits per heavy atom. The van der Waals surface area contributed by atoms with E-state index < -0.39 is 0 Å². The minimum absolute atomic E-state index is 0.269. The SMILES string of the molecule is CCCCn1c(-c2ccccc2)nc(-c2ccc(C)c(C)c2)c1CN(Cc1cccc(OCC)c1)Cc1ccc2c(c1)OCO2. The molecule has 0 atom stereocenters. The fraction of sp³-hybridized carbons (Fsp3) is 0.308. The summed E-state index contributed by atoms with van der Waals surface area (Å²) in [7, 11) is 0. The molecule has 45 heavy (non-hydrogen) atoms. The normalized spacial score (nSPS) is 12.2. The summed E-state index contributed by atoms with van der Waals surface area (Å²) in [6.07, 6.45) is 2.18. The smallest absolute Gasteiger partial charge is 0.231 e. The van der Waals surface area contributed by atoms with Crippen LogP contribution in [-0.2, 0) is 26.2 Å². The first kappa shape index (κ1) is 30.5. The van der Waals surface area contributed by atoms with Crippen molar-refractivity contribution in [3.05, 3.63) is 119 Å². The van der Waals surface area contributed by atoms with Gasteiger partial charge in [0.1, 0.15) is 11.6 Å². The van der Waals surface area contributed by atoms with E-state index in [1.54, 1.807) is 0 Å². The molecule has 0 radical (unpaired) electrons. The first-order valence-electron chi connectivity index (χ1n) is 16.1. The minimum atomic E-state index is 0.269. The number of unbranched alkanes of at least 4 members (excludes halogenated alkanes) is 1. The number of nitrogens with zero attached hydrogens (tertiary/aromatic N) is 3. The molecule has 0 amide bonds. The van der Waals surface area contributed by atoms with Crippen molar-refractivity contribution in [1.29, 1.82) is 0 Å². The molecule has 0 N–H and O–H groups in total. The van der Waals surface area contributed by atoms with E-state index in [2.05, 4.69) is 109 Å². The van der Waals surface area contributed by atoms with E-state index in [0.29, 0.717) is 6.61 Å². The maximum absolute atomic E-state index is 5.87. The van der Waals surface area contributed by atoms with Crippen LogP contribution in [-0.4, -0.2) is 27.9 Å². The molecule has 2 heterocycles. The molecule has 0 saturated heterocycles. The van der Waals surface area contributed by atoms with Crippen LogP contribution in [0.5, 0.6) is 17.2 Å². The van der Waals surface area contributed by atoms with Crippen LogP contribution in [0.3, 0.4) is 0 Å².